The van der Waals surface area contributed by atoms with Crippen LogP contribution in [0.2, 0.25) is 0 Å². The number of hydrogen-bond donors (Lipinski definition) is 0. The Labute approximate surface area is 164 Å². The quantitative estimate of drug-likeness (QED) is 0.790. The molecule has 7 nitrogen and oxygen atoms in total. The summed E-state index contributed by atoms with van der Waals surface area (Å²) in [7, 11) is 0. The summed E-state index contributed by atoms with van der Waals surface area (Å²) < 4.78 is 5.34. The van der Waals surface area contributed by atoms with Crippen molar-refractivity contribution >= 4 is 17.7 Å². The Morgan fingerprint density at radius 3 is 2.86 bits per heavy atom. The first kappa shape index (κ1) is 17.8. The Morgan fingerprint density at radius 1 is 1.14 bits per heavy atom. The molecule has 4 fully saturated rings. The summed E-state index contributed by atoms with van der Waals surface area (Å²) >= 11 is 0. The second-order valence-electron chi connectivity index (χ2n) is 8.87. The monoisotopic (exact) mass is 385 g/mol. The zero-order valence-electron chi connectivity index (χ0n) is 16.1. The van der Waals surface area contributed by atoms with Gasteiger partial charge in [0.15, 0.2) is 0 Å². The molecule has 1 aromatic rings. The maximum Gasteiger partial charge on any atom is 0.228 e. The molecule has 0 saturated carbocycles. The van der Waals surface area contributed by atoms with E-state index in [1.165, 1.54) is 0 Å². The highest BCUT2D eigenvalue weighted by Gasteiger charge is 2.46. The topological polar surface area (TPSA) is 74.1 Å². The van der Waals surface area contributed by atoms with E-state index < -0.39 is 0 Å². The lowest BCUT2D eigenvalue weighted by Crippen LogP contribution is -2.61. The molecule has 150 valence electrons. The third kappa shape index (κ3) is 3.10. The van der Waals surface area contributed by atoms with Crippen LogP contribution in [0.25, 0.3) is 0 Å². The van der Waals surface area contributed by atoms with Gasteiger partial charge in [-0.3, -0.25) is 14.4 Å². The lowest BCUT2D eigenvalue weighted by atomic mass is 9.75. The third-order valence-corrected chi connectivity index (χ3v) is 6.98. The Kier molecular flexibility index (Phi) is 4.40. The Morgan fingerprint density at radius 2 is 2.04 bits per heavy atom. The molecule has 4 aliphatic heterocycles. The van der Waals surface area contributed by atoms with Gasteiger partial charge in [-0.2, -0.15) is 0 Å². The molecule has 1 aromatic heterocycles. The summed E-state index contributed by atoms with van der Waals surface area (Å²) in [5.74, 6) is 1.67. The number of likely N-dealkylation sites (tertiary alicyclic amines) is 2. The number of furan rings is 1. The van der Waals surface area contributed by atoms with Crippen LogP contribution < -0.4 is 0 Å². The Balaban J connectivity index is 1.24. The van der Waals surface area contributed by atoms with Gasteiger partial charge in [0.25, 0.3) is 0 Å². The molecular weight excluding hydrogens is 358 g/mol. The molecule has 4 atom stereocenters. The van der Waals surface area contributed by atoms with Crippen LogP contribution in [0, 0.1) is 17.8 Å². The van der Waals surface area contributed by atoms with Gasteiger partial charge in [0, 0.05) is 45.1 Å². The molecule has 4 aliphatic rings. The number of carbonyl (C=O) groups excluding carboxylic acids is 3. The predicted octanol–water partition coefficient (Wildman–Crippen LogP) is 1.49. The minimum atomic E-state index is -0.259. The van der Waals surface area contributed by atoms with Gasteiger partial charge in [0.2, 0.25) is 17.7 Å². The van der Waals surface area contributed by atoms with Crippen molar-refractivity contribution in [3.63, 3.8) is 0 Å². The highest BCUT2D eigenvalue weighted by molar-refractivity contribution is 5.89. The highest BCUT2D eigenvalue weighted by Crippen LogP contribution is 2.38. The Bertz CT molecular complexity index is 777. The van der Waals surface area contributed by atoms with Gasteiger partial charge in [-0.05, 0) is 43.2 Å². The van der Waals surface area contributed by atoms with Gasteiger partial charge < -0.3 is 19.1 Å². The van der Waals surface area contributed by atoms with Crippen LogP contribution in [0.1, 0.15) is 37.9 Å². The first-order chi connectivity index (χ1) is 13.6. The van der Waals surface area contributed by atoms with Crippen molar-refractivity contribution in [1.29, 1.82) is 0 Å². The predicted molar refractivity (Wildman–Crippen MR) is 99.8 cm³/mol. The van der Waals surface area contributed by atoms with Crippen LogP contribution in [0.15, 0.2) is 22.8 Å². The minimum Gasteiger partial charge on any atom is -0.467 e. The van der Waals surface area contributed by atoms with E-state index in [9.17, 15) is 14.4 Å². The fourth-order valence-corrected chi connectivity index (χ4v) is 5.73. The number of rotatable bonds is 3. The van der Waals surface area contributed by atoms with Gasteiger partial charge in [0.05, 0.1) is 18.7 Å². The molecule has 5 rings (SSSR count). The number of hydrogen-bond acceptors (Lipinski definition) is 4. The molecule has 0 radical (unpaired) electrons. The molecule has 0 N–H and O–H groups in total. The van der Waals surface area contributed by atoms with Crippen molar-refractivity contribution in [3.8, 4) is 0 Å². The van der Waals surface area contributed by atoms with Crippen LogP contribution in [0.5, 0.6) is 0 Å². The van der Waals surface area contributed by atoms with E-state index in [2.05, 4.69) is 4.90 Å². The average Bonchev–Trinajstić information content (AvgIpc) is 3.32. The first-order valence-electron chi connectivity index (χ1n) is 10.5. The highest BCUT2D eigenvalue weighted by atomic mass is 16.3. The van der Waals surface area contributed by atoms with Crippen molar-refractivity contribution in [2.75, 3.05) is 26.2 Å². The van der Waals surface area contributed by atoms with Crippen LogP contribution >= 0.6 is 0 Å². The third-order valence-electron chi connectivity index (χ3n) is 6.98. The van der Waals surface area contributed by atoms with Gasteiger partial charge >= 0.3 is 0 Å². The molecular formula is C21H27N3O4. The molecule has 4 saturated heterocycles. The summed E-state index contributed by atoms with van der Waals surface area (Å²) in [6, 6.07) is 3.96. The van der Waals surface area contributed by atoms with Crippen LogP contribution in [-0.4, -0.2) is 64.6 Å². The second kappa shape index (κ2) is 6.94. The zero-order chi connectivity index (χ0) is 19.3. The lowest BCUT2D eigenvalue weighted by Gasteiger charge is -2.52. The zero-order valence-corrected chi connectivity index (χ0v) is 16.1. The number of carbonyl (C=O) groups is 3. The molecule has 7 heteroatoms. The molecule has 3 amide bonds. The average molecular weight is 385 g/mol. The minimum absolute atomic E-state index is 0.0241. The SMILES string of the molecule is O=C1C[C@@H](C(=O)N2C[C@H]3C[C@@H](C2)[C@@H]2CCCC(=O)N2C3)CN1Cc1ccco1. The molecule has 0 aliphatic carbocycles. The summed E-state index contributed by atoms with van der Waals surface area (Å²) in [6.45, 7) is 3.14. The van der Waals surface area contributed by atoms with E-state index >= 15 is 0 Å². The van der Waals surface area contributed by atoms with E-state index in [0.717, 1.165) is 38.1 Å². The largest absolute Gasteiger partial charge is 0.467 e. The molecule has 0 aromatic carbocycles. The summed E-state index contributed by atoms with van der Waals surface area (Å²) in [6.07, 6.45) is 5.71. The van der Waals surface area contributed by atoms with Crippen LogP contribution in [-0.2, 0) is 20.9 Å². The fraction of sp³-hybridized carbons (Fsp3) is 0.667. The van der Waals surface area contributed by atoms with Crippen molar-refractivity contribution in [2.45, 2.75) is 44.7 Å². The van der Waals surface area contributed by atoms with E-state index in [-0.39, 0.29) is 17.7 Å². The van der Waals surface area contributed by atoms with Gasteiger partial charge in [-0.15, -0.1) is 0 Å². The first-order valence-corrected chi connectivity index (χ1v) is 10.5. The Hall–Kier alpha value is -2.31. The maximum atomic E-state index is 13.2. The van der Waals surface area contributed by atoms with Crippen molar-refractivity contribution in [1.82, 2.24) is 14.7 Å². The number of piperidine rings is 3. The summed E-state index contributed by atoms with van der Waals surface area (Å²) in [4.78, 5) is 43.7. The molecule has 28 heavy (non-hydrogen) atoms. The molecule has 0 spiro atoms. The van der Waals surface area contributed by atoms with E-state index in [1.54, 1.807) is 11.2 Å². The van der Waals surface area contributed by atoms with E-state index in [4.69, 9.17) is 4.42 Å². The lowest BCUT2D eigenvalue weighted by molar-refractivity contribution is -0.150. The normalized spacial score (nSPS) is 32.6. The van der Waals surface area contributed by atoms with Crippen molar-refractivity contribution in [3.05, 3.63) is 24.2 Å². The number of fused-ring (bicyclic) bond motifs is 4. The van der Waals surface area contributed by atoms with Gasteiger partial charge in [-0.1, -0.05) is 0 Å². The molecule has 0 unspecified atom stereocenters. The second-order valence-corrected chi connectivity index (χ2v) is 8.87. The summed E-state index contributed by atoms with van der Waals surface area (Å²) in [5.41, 5.74) is 0. The molecule has 5 heterocycles. The standard InChI is InChI=1S/C21H27N3O4/c25-19-5-1-4-18-15-7-14(10-24(18)19)9-23(11-15)21(27)16-8-20(26)22(12-16)13-17-3-2-6-28-17/h2-3,6,14-16,18H,1,4-5,7-13H2/t14-,15+,16-,18+/m1/s1. The van der Waals surface area contributed by atoms with E-state index in [1.807, 2.05) is 17.0 Å². The molecule has 2 bridgehead atoms. The van der Waals surface area contributed by atoms with E-state index in [0.29, 0.717) is 56.3 Å². The smallest absolute Gasteiger partial charge is 0.228 e. The van der Waals surface area contributed by atoms with Gasteiger partial charge in [0.1, 0.15) is 5.76 Å². The number of amides is 3. The fourth-order valence-electron chi connectivity index (χ4n) is 5.73. The van der Waals surface area contributed by atoms with Crippen LogP contribution in [0.4, 0.5) is 0 Å². The van der Waals surface area contributed by atoms with Gasteiger partial charge in [-0.25, -0.2) is 0 Å². The maximum absolute atomic E-state index is 13.2. The number of nitrogens with zero attached hydrogens (tertiary/aromatic N) is 3. The van der Waals surface area contributed by atoms with Crippen molar-refractivity contribution in [2.24, 2.45) is 17.8 Å². The van der Waals surface area contributed by atoms with Crippen LogP contribution in [0.3, 0.4) is 0 Å². The van der Waals surface area contributed by atoms with Crippen molar-refractivity contribution < 1.29 is 18.8 Å². The summed E-state index contributed by atoms with van der Waals surface area (Å²) in [5, 5.41) is 0.